The molecule has 1 N–H and O–H groups in total. The first-order valence-electron chi connectivity index (χ1n) is 6.13. The van der Waals surface area contributed by atoms with E-state index in [2.05, 4.69) is 35.8 Å². The molecule has 96 valence electrons. The number of nitrogens with one attached hydrogen (secondary N) is 1. The second kappa shape index (κ2) is 9.51. The molecular weight excluding hydrogens is 230 g/mol. The Labute approximate surface area is 109 Å². The standard InChI is InChI=1S/C14H23NOS/c1-16-12-14-7-5-13(6-8-14)11-15-9-3-4-10-17-2/h5-8,15H,3-4,9-12H2,1-2H3. The van der Waals surface area contributed by atoms with Crippen molar-refractivity contribution in [2.45, 2.75) is 26.0 Å². The smallest absolute Gasteiger partial charge is 0.0713 e. The van der Waals surface area contributed by atoms with Crippen molar-refractivity contribution in [1.29, 1.82) is 0 Å². The molecule has 0 aliphatic heterocycles. The van der Waals surface area contributed by atoms with Gasteiger partial charge in [0.05, 0.1) is 6.61 Å². The monoisotopic (exact) mass is 253 g/mol. The van der Waals surface area contributed by atoms with Crippen molar-refractivity contribution in [1.82, 2.24) is 5.32 Å². The largest absolute Gasteiger partial charge is 0.380 e. The van der Waals surface area contributed by atoms with Gasteiger partial charge in [-0.25, -0.2) is 0 Å². The second-order valence-corrected chi connectivity index (χ2v) is 5.11. The van der Waals surface area contributed by atoms with Crippen molar-refractivity contribution < 1.29 is 4.74 Å². The highest BCUT2D eigenvalue weighted by atomic mass is 32.2. The SMILES string of the molecule is COCc1ccc(CNCCCCSC)cc1. The van der Waals surface area contributed by atoms with Gasteiger partial charge in [0.25, 0.3) is 0 Å². The van der Waals surface area contributed by atoms with E-state index in [1.165, 1.54) is 29.7 Å². The van der Waals surface area contributed by atoms with Crippen LogP contribution in [0.25, 0.3) is 0 Å². The van der Waals surface area contributed by atoms with Gasteiger partial charge in [-0.2, -0.15) is 11.8 Å². The Balaban J connectivity index is 2.14. The van der Waals surface area contributed by atoms with Crippen LogP contribution in [0.15, 0.2) is 24.3 Å². The lowest BCUT2D eigenvalue weighted by Crippen LogP contribution is -2.14. The number of benzene rings is 1. The minimum Gasteiger partial charge on any atom is -0.380 e. The quantitative estimate of drug-likeness (QED) is 0.683. The van der Waals surface area contributed by atoms with E-state index in [9.17, 15) is 0 Å². The van der Waals surface area contributed by atoms with Crippen molar-refractivity contribution in [2.75, 3.05) is 25.7 Å². The van der Waals surface area contributed by atoms with Crippen LogP contribution in [0.2, 0.25) is 0 Å². The van der Waals surface area contributed by atoms with E-state index >= 15 is 0 Å². The number of unbranched alkanes of at least 4 members (excludes halogenated alkanes) is 1. The van der Waals surface area contributed by atoms with Crippen molar-refractivity contribution in [3.05, 3.63) is 35.4 Å². The lowest BCUT2D eigenvalue weighted by atomic mass is 10.1. The highest BCUT2D eigenvalue weighted by molar-refractivity contribution is 7.98. The normalized spacial score (nSPS) is 10.7. The molecule has 1 aromatic carbocycles. The molecular formula is C14H23NOS. The maximum Gasteiger partial charge on any atom is 0.0713 e. The summed E-state index contributed by atoms with van der Waals surface area (Å²) in [6, 6.07) is 8.61. The average molecular weight is 253 g/mol. The third kappa shape index (κ3) is 6.71. The molecule has 0 aliphatic rings. The predicted octanol–water partition coefficient (Wildman–Crippen LogP) is 3.07. The fourth-order valence-corrected chi connectivity index (χ4v) is 2.14. The molecule has 0 aromatic heterocycles. The highest BCUT2D eigenvalue weighted by Gasteiger charge is 1.94. The summed E-state index contributed by atoms with van der Waals surface area (Å²) in [6.45, 7) is 2.77. The van der Waals surface area contributed by atoms with Crippen LogP contribution < -0.4 is 5.32 Å². The third-order valence-corrected chi connectivity index (χ3v) is 3.31. The van der Waals surface area contributed by atoms with Crippen molar-refractivity contribution >= 4 is 11.8 Å². The van der Waals surface area contributed by atoms with Gasteiger partial charge >= 0.3 is 0 Å². The summed E-state index contributed by atoms with van der Waals surface area (Å²) < 4.78 is 5.09. The molecule has 0 radical (unpaired) electrons. The van der Waals surface area contributed by atoms with Crippen LogP contribution in [0.1, 0.15) is 24.0 Å². The lowest BCUT2D eigenvalue weighted by molar-refractivity contribution is 0.185. The summed E-state index contributed by atoms with van der Waals surface area (Å²) in [4.78, 5) is 0. The number of hydrogen-bond donors (Lipinski definition) is 1. The van der Waals surface area contributed by atoms with Crippen LogP contribution in [0.3, 0.4) is 0 Å². The van der Waals surface area contributed by atoms with Gasteiger partial charge in [0.15, 0.2) is 0 Å². The molecule has 0 heterocycles. The first kappa shape index (κ1) is 14.6. The summed E-state index contributed by atoms with van der Waals surface area (Å²) in [7, 11) is 1.73. The molecule has 2 nitrogen and oxygen atoms in total. The number of ether oxygens (including phenoxy) is 1. The first-order chi connectivity index (χ1) is 8.36. The number of rotatable bonds is 9. The van der Waals surface area contributed by atoms with Gasteiger partial charge < -0.3 is 10.1 Å². The Kier molecular flexibility index (Phi) is 8.14. The van der Waals surface area contributed by atoms with Gasteiger partial charge in [0.1, 0.15) is 0 Å². The first-order valence-corrected chi connectivity index (χ1v) is 7.52. The van der Waals surface area contributed by atoms with Crippen molar-refractivity contribution in [3.8, 4) is 0 Å². The molecule has 0 unspecified atom stereocenters. The van der Waals surface area contributed by atoms with Gasteiger partial charge in [-0.15, -0.1) is 0 Å². The van der Waals surface area contributed by atoms with E-state index < -0.39 is 0 Å². The molecule has 1 aromatic rings. The van der Waals surface area contributed by atoms with E-state index in [1.807, 2.05) is 11.8 Å². The summed E-state index contributed by atoms with van der Waals surface area (Å²) in [5.74, 6) is 1.27. The minimum absolute atomic E-state index is 0.697. The van der Waals surface area contributed by atoms with Crippen LogP contribution in [-0.2, 0) is 17.9 Å². The van der Waals surface area contributed by atoms with Crippen LogP contribution in [0, 0.1) is 0 Å². The van der Waals surface area contributed by atoms with Crippen LogP contribution in [0.5, 0.6) is 0 Å². The Morgan fingerprint density at radius 1 is 1.12 bits per heavy atom. The molecule has 0 spiro atoms. The molecule has 0 saturated carbocycles. The summed E-state index contributed by atoms with van der Waals surface area (Å²) in [6.07, 6.45) is 4.73. The number of hydrogen-bond acceptors (Lipinski definition) is 3. The minimum atomic E-state index is 0.697. The molecule has 0 aliphatic carbocycles. The molecule has 0 fully saturated rings. The Hall–Kier alpha value is -0.510. The van der Waals surface area contributed by atoms with E-state index in [-0.39, 0.29) is 0 Å². The zero-order valence-corrected chi connectivity index (χ0v) is 11.7. The van der Waals surface area contributed by atoms with Crippen LogP contribution >= 0.6 is 11.8 Å². The van der Waals surface area contributed by atoms with Gasteiger partial charge in [-0.3, -0.25) is 0 Å². The molecule has 0 saturated heterocycles. The molecule has 0 amide bonds. The van der Waals surface area contributed by atoms with Crippen molar-refractivity contribution in [2.24, 2.45) is 0 Å². The Morgan fingerprint density at radius 3 is 2.47 bits per heavy atom. The van der Waals surface area contributed by atoms with Crippen LogP contribution in [-0.4, -0.2) is 25.7 Å². The molecule has 1 rings (SSSR count). The third-order valence-electron chi connectivity index (χ3n) is 2.62. The second-order valence-electron chi connectivity index (χ2n) is 4.13. The van der Waals surface area contributed by atoms with Crippen LogP contribution in [0.4, 0.5) is 0 Å². The summed E-state index contributed by atoms with van der Waals surface area (Å²) >= 11 is 1.92. The zero-order chi connectivity index (χ0) is 12.3. The average Bonchev–Trinajstić information content (AvgIpc) is 2.36. The fraction of sp³-hybridized carbons (Fsp3) is 0.571. The molecule has 17 heavy (non-hydrogen) atoms. The molecule has 3 heteroatoms. The van der Waals surface area contributed by atoms with E-state index in [4.69, 9.17) is 4.74 Å². The maximum atomic E-state index is 5.09. The van der Waals surface area contributed by atoms with E-state index in [1.54, 1.807) is 7.11 Å². The lowest BCUT2D eigenvalue weighted by Gasteiger charge is -2.06. The number of thioether (sulfide) groups is 1. The topological polar surface area (TPSA) is 21.3 Å². The number of methoxy groups -OCH3 is 1. The predicted molar refractivity (Wildman–Crippen MR) is 76.5 cm³/mol. The van der Waals surface area contributed by atoms with Crippen molar-refractivity contribution in [3.63, 3.8) is 0 Å². The Bertz CT molecular complexity index is 287. The Morgan fingerprint density at radius 2 is 1.82 bits per heavy atom. The highest BCUT2D eigenvalue weighted by Crippen LogP contribution is 2.05. The summed E-state index contributed by atoms with van der Waals surface area (Å²) in [5.41, 5.74) is 2.57. The zero-order valence-electron chi connectivity index (χ0n) is 10.9. The maximum absolute atomic E-state index is 5.09. The van der Waals surface area contributed by atoms with E-state index in [0.717, 1.165) is 13.1 Å². The molecule has 0 atom stereocenters. The van der Waals surface area contributed by atoms with Gasteiger partial charge in [-0.05, 0) is 42.5 Å². The fourth-order valence-electron chi connectivity index (χ4n) is 1.65. The van der Waals surface area contributed by atoms with Gasteiger partial charge in [0, 0.05) is 13.7 Å². The summed E-state index contributed by atoms with van der Waals surface area (Å²) in [5, 5.41) is 3.47. The molecule has 0 bridgehead atoms. The van der Waals surface area contributed by atoms with E-state index in [0.29, 0.717) is 6.61 Å². The van der Waals surface area contributed by atoms with Gasteiger partial charge in [0.2, 0.25) is 0 Å². The van der Waals surface area contributed by atoms with Gasteiger partial charge in [-0.1, -0.05) is 24.3 Å².